The lowest BCUT2D eigenvalue weighted by Crippen LogP contribution is -2.38. The predicted molar refractivity (Wildman–Crippen MR) is 120 cm³/mol. The van der Waals surface area contributed by atoms with Gasteiger partial charge in [-0.1, -0.05) is 24.3 Å². The Hall–Kier alpha value is -3.36. The third kappa shape index (κ3) is 3.64. The highest BCUT2D eigenvalue weighted by atomic mass is 16.2. The second kappa shape index (κ2) is 8.05. The molecule has 3 heterocycles. The van der Waals surface area contributed by atoms with Crippen LogP contribution in [0.15, 0.2) is 33.9 Å². The summed E-state index contributed by atoms with van der Waals surface area (Å²) in [5, 5.41) is 2.97. The zero-order valence-corrected chi connectivity index (χ0v) is 18.4. The Bertz CT molecular complexity index is 1270. The van der Waals surface area contributed by atoms with Crippen molar-refractivity contribution < 1.29 is 4.79 Å². The molecule has 164 valence electrons. The Balaban J connectivity index is 1.91. The van der Waals surface area contributed by atoms with Crippen molar-refractivity contribution in [3.05, 3.63) is 56.2 Å². The fourth-order valence-corrected chi connectivity index (χ4v) is 4.33. The molecule has 1 fully saturated rings. The number of amides is 1. The second-order valence-electron chi connectivity index (χ2n) is 8.12. The smallest absolute Gasteiger partial charge is 0.332 e. The van der Waals surface area contributed by atoms with E-state index < -0.39 is 0 Å². The molecule has 1 saturated heterocycles. The quantitative estimate of drug-likeness (QED) is 0.659. The molecular formula is C22H28N6O3. The summed E-state index contributed by atoms with van der Waals surface area (Å²) in [6.07, 6.45) is 0.797. The Morgan fingerprint density at radius 1 is 1.23 bits per heavy atom. The highest BCUT2D eigenvalue weighted by molar-refractivity contribution is 5.75. The van der Waals surface area contributed by atoms with Gasteiger partial charge in [0.25, 0.3) is 5.56 Å². The van der Waals surface area contributed by atoms with E-state index in [9.17, 15) is 14.4 Å². The molecule has 0 aliphatic carbocycles. The van der Waals surface area contributed by atoms with Crippen LogP contribution in [0.4, 0.5) is 5.95 Å². The summed E-state index contributed by atoms with van der Waals surface area (Å²) in [6.45, 7) is 7.62. The summed E-state index contributed by atoms with van der Waals surface area (Å²) in [7, 11) is 1.50. The van der Waals surface area contributed by atoms with Crippen molar-refractivity contribution in [3.8, 4) is 0 Å². The van der Waals surface area contributed by atoms with Gasteiger partial charge in [0.15, 0.2) is 11.2 Å². The molecule has 1 unspecified atom stereocenters. The van der Waals surface area contributed by atoms with Crippen molar-refractivity contribution in [2.45, 2.75) is 46.3 Å². The van der Waals surface area contributed by atoms with Crippen LogP contribution < -0.4 is 21.5 Å². The summed E-state index contributed by atoms with van der Waals surface area (Å²) in [5.41, 5.74) is 2.30. The van der Waals surface area contributed by atoms with E-state index in [2.05, 4.69) is 10.2 Å². The van der Waals surface area contributed by atoms with Gasteiger partial charge in [-0.3, -0.25) is 23.3 Å². The number of imidazole rings is 1. The molecule has 0 bridgehead atoms. The molecule has 1 amide bonds. The average molecular weight is 425 g/mol. The number of nitrogens with one attached hydrogen (secondary N) is 1. The van der Waals surface area contributed by atoms with Crippen LogP contribution in [0.25, 0.3) is 11.2 Å². The molecule has 1 N–H and O–H groups in total. The van der Waals surface area contributed by atoms with E-state index in [1.54, 1.807) is 0 Å². The minimum Gasteiger partial charge on any atom is -0.352 e. The van der Waals surface area contributed by atoms with Gasteiger partial charge < -0.3 is 10.2 Å². The van der Waals surface area contributed by atoms with Crippen LogP contribution in [0, 0.1) is 6.92 Å². The molecular weight excluding hydrogens is 396 g/mol. The maximum atomic E-state index is 13.2. The molecule has 1 atom stereocenters. The van der Waals surface area contributed by atoms with E-state index in [0.717, 1.165) is 22.1 Å². The number of nitrogens with zero attached hydrogens (tertiary/aromatic N) is 5. The Morgan fingerprint density at radius 2 is 1.97 bits per heavy atom. The topological polar surface area (TPSA) is 94.2 Å². The van der Waals surface area contributed by atoms with Crippen molar-refractivity contribution in [2.24, 2.45) is 7.05 Å². The summed E-state index contributed by atoms with van der Waals surface area (Å²) >= 11 is 0. The monoisotopic (exact) mass is 424 g/mol. The first kappa shape index (κ1) is 20.9. The normalized spacial score (nSPS) is 16.3. The SMILES string of the molecule is CCn1c(=O)n(C)c(=O)c2c1nc(N1CCC(NC(C)=O)C1)n2Cc1ccccc1C. The van der Waals surface area contributed by atoms with Gasteiger partial charge in [0, 0.05) is 39.6 Å². The van der Waals surface area contributed by atoms with Crippen LogP contribution in [0.2, 0.25) is 0 Å². The molecule has 3 aromatic rings. The van der Waals surface area contributed by atoms with Crippen LogP contribution >= 0.6 is 0 Å². The van der Waals surface area contributed by atoms with E-state index in [1.165, 1.54) is 18.5 Å². The number of aryl methyl sites for hydroxylation is 2. The molecule has 0 spiro atoms. The number of rotatable bonds is 5. The van der Waals surface area contributed by atoms with Gasteiger partial charge in [-0.2, -0.15) is 4.98 Å². The van der Waals surface area contributed by atoms with Gasteiger partial charge in [0.2, 0.25) is 11.9 Å². The lowest BCUT2D eigenvalue weighted by Gasteiger charge is -2.20. The van der Waals surface area contributed by atoms with Crippen molar-refractivity contribution in [1.82, 2.24) is 24.0 Å². The van der Waals surface area contributed by atoms with Crippen LogP contribution in [-0.4, -0.2) is 43.7 Å². The zero-order valence-electron chi connectivity index (χ0n) is 18.4. The van der Waals surface area contributed by atoms with E-state index in [1.807, 2.05) is 42.7 Å². The van der Waals surface area contributed by atoms with Crippen molar-refractivity contribution in [3.63, 3.8) is 0 Å². The standard InChI is InChI=1S/C22H28N6O3/c1-5-27-19-18(20(30)25(4)22(27)31)28(12-16-9-7-6-8-14(16)2)21(24-19)26-11-10-17(13-26)23-15(3)29/h6-9,17H,5,10-13H2,1-4H3,(H,23,29). The lowest BCUT2D eigenvalue weighted by atomic mass is 10.1. The fourth-order valence-electron chi connectivity index (χ4n) is 4.33. The first-order chi connectivity index (χ1) is 14.8. The summed E-state index contributed by atoms with van der Waals surface area (Å²) in [5.74, 6) is 0.588. The number of fused-ring (bicyclic) bond motifs is 1. The number of hydrogen-bond donors (Lipinski definition) is 1. The molecule has 9 heteroatoms. The van der Waals surface area contributed by atoms with Gasteiger partial charge in [-0.05, 0) is 31.4 Å². The predicted octanol–water partition coefficient (Wildman–Crippen LogP) is 0.988. The Morgan fingerprint density at radius 3 is 2.65 bits per heavy atom. The highest BCUT2D eigenvalue weighted by Gasteiger charge is 2.29. The van der Waals surface area contributed by atoms with Gasteiger partial charge >= 0.3 is 5.69 Å². The Labute approximate surface area is 179 Å². The van der Waals surface area contributed by atoms with E-state index in [0.29, 0.717) is 43.3 Å². The van der Waals surface area contributed by atoms with Gasteiger partial charge in [-0.25, -0.2) is 4.79 Å². The fraction of sp³-hybridized carbons (Fsp3) is 0.455. The van der Waals surface area contributed by atoms with Crippen LogP contribution in [0.5, 0.6) is 0 Å². The summed E-state index contributed by atoms with van der Waals surface area (Å²) in [6, 6.07) is 8.06. The third-order valence-electron chi connectivity index (χ3n) is 5.99. The molecule has 1 aliphatic heterocycles. The molecule has 9 nitrogen and oxygen atoms in total. The van der Waals surface area contributed by atoms with E-state index in [-0.39, 0.29) is 23.2 Å². The number of carbonyl (C=O) groups excluding carboxylic acids is 1. The lowest BCUT2D eigenvalue weighted by molar-refractivity contribution is -0.119. The minimum absolute atomic E-state index is 0.0282. The molecule has 4 rings (SSSR count). The molecule has 1 aliphatic rings. The molecule has 31 heavy (non-hydrogen) atoms. The number of carbonyl (C=O) groups is 1. The molecule has 1 aromatic carbocycles. The number of hydrogen-bond acceptors (Lipinski definition) is 5. The van der Waals surface area contributed by atoms with E-state index in [4.69, 9.17) is 4.98 Å². The maximum absolute atomic E-state index is 13.2. The summed E-state index contributed by atoms with van der Waals surface area (Å²) in [4.78, 5) is 44.2. The van der Waals surface area contributed by atoms with Crippen molar-refractivity contribution in [1.29, 1.82) is 0 Å². The summed E-state index contributed by atoms with van der Waals surface area (Å²) < 4.78 is 4.60. The maximum Gasteiger partial charge on any atom is 0.332 e. The van der Waals surface area contributed by atoms with Gasteiger partial charge in [-0.15, -0.1) is 0 Å². The number of aromatic nitrogens is 4. The average Bonchev–Trinajstić information content (AvgIpc) is 3.33. The second-order valence-corrected chi connectivity index (χ2v) is 8.12. The largest absolute Gasteiger partial charge is 0.352 e. The first-order valence-corrected chi connectivity index (χ1v) is 10.6. The molecule has 2 aromatic heterocycles. The number of benzene rings is 1. The first-order valence-electron chi connectivity index (χ1n) is 10.6. The zero-order chi connectivity index (χ0) is 22.3. The minimum atomic E-state index is -0.371. The van der Waals surface area contributed by atoms with Crippen LogP contribution in [-0.2, 0) is 24.9 Å². The Kier molecular flexibility index (Phi) is 5.43. The van der Waals surface area contributed by atoms with Gasteiger partial charge in [0.05, 0.1) is 6.54 Å². The van der Waals surface area contributed by atoms with Crippen LogP contribution in [0.1, 0.15) is 31.4 Å². The highest BCUT2D eigenvalue weighted by Crippen LogP contribution is 2.25. The van der Waals surface area contributed by atoms with Crippen molar-refractivity contribution >= 4 is 23.0 Å². The van der Waals surface area contributed by atoms with Crippen molar-refractivity contribution in [2.75, 3.05) is 18.0 Å². The number of anilines is 1. The van der Waals surface area contributed by atoms with Crippen LogP contribution in [0.3, 0.4) is 0 Å². The van der Waals surface area contributed by atoms with Gasteiger partial charge in [0.1, 0.15) is 0 Å². The molecule has 0 saturated carbocycles. The van der Waals surface area contributed by atoms with E-state index >= 15 is 0 Å². The third-order valence-corrected chi connectivity index (χ3v) is 5.99. The molecule has 0 radical (unpaired) electrons.